The third kappa shape index (κ3) is 8.45. The van der Waals surface area contributed by atoms with Gasteiger partial charge in [0.2, 0.25) is 11.8 Å². The van der Waals surface area contributed by atoms with E-state index in [-0.39, 0.29) is 11.8 Å². The molecule has 3 amide bonds. The molecule has 0 aromatic heterocycles. The van der Waals surface area contributed by atoms with Gasteiger partial charge in [0.05, 0.1) is 0 Å². The monoisotopic (exact) mass is 457 g/mol. The van der Waals surface area contributed by atoms with E-state index in [0.29, 0.717) is 24.1 Å². The Morgan fingerprint density at radius 3 is 2.36 bits per heavy atom. The molecule has 3 atom stereocenters. The fraction of sp³-hybridized carbons (Fsp3) is 0.577. The summed E-state index contributed by atoms with van der Waals surface area (Å²) < 4.78 is 5.36. The molecule has 1 rings (SSSR count). The zero-order chi connectivity index (χ0) is 25.2. The van der Waals surface area contributed by atoms with Crippen LogP contribution in [0.25, 0.3) is 0 Å². The van der Waals surface area contributed by atoms with E-state index in [2.05, 4.69) is 16.6 Å². The van der Waals surface area contributed by atoms with E-state index in [0.717, 1.165) is 12.8 Å². The summed E-state index contributed by atoms with van der Waals surface area (Å²) in [6.45, 7) is 11.6. The van der Waals surface area contributed by atoms with Crippen molar-refractivity contribution in [1.82, 2.24) is 15.5 Å². The Hall–Kier alpha value is -3.01. The summed E-state index contributed by atoms with van der Waals surface area (Å²) in [5.74, 6) is 1.72. The van der Waals surface area contributed by atoms with Crippen LogP contribution in [-0.4, -0.2) is 48.0 Å². The van der Waals surface area contributed by atoms with Gasteiger partial charge in [-0.1, -0.05) is 57.7 Å². The van der Waals surface area contributed by atoms with E-state index < -0.39 is 29.7 Å². The summed E-state index contributed by atoms with van der Waals surface area (Å²) in [7, 11) is 1.56. The first-order valence-electron chi connectivity index (χ1n) is 11.6. The van der Waals surface area contributed by atoms with Crippen molar-refractivity contribution in [2.24, 2.45) is 5.92 Å². The number of terminal acetylenes is 1. The Bertz CT molecular complexity index is 854. The molecule has 0 fully saturated rings. The number of ether oxygens (including phenoxy) is 1. The van der Waals surface area contributed by atoms with Crippen LogP contribution in [0.1, 0.15) is 78.0 Å². The van der Waals surface area contributed by atoms with Gasteiger partial charge in [0, 0.05) is 19.2 Å². The number of unbranched alkanes of at least 4 members (excludes halogenated alkanes) is 1. The largest absolute Gasteiger partial charge is 0.444 e. The lowest BCUT2D eigenvalue weighted by Gasteiger charge is -2.34. The standard InChI is InChI=1S/C26H39N3O4/c1-9-12-17-27-23(30)22(20-16-14-13-15-19(20)11-3)29(8)24(31)21(18(4)10-2)28-25(32)33-26(5,6)7/h3,13-16,18,21-22H,9-10,12,17H2,1-2,4-8H3,(H,27,30)(H,28,32). The number of benzene rings is 1. The maximum atomic E-state index is 13.6. The SMILES string of the molecule is C#Cc1ccccc1C(C(=O)NCCCC)N(C)C(=O)C(NC(=O)OC(C)(C)C)C(C)CC. The van der Waals surface area contributed by atoms with Crippen molar-refractivity contribution in [1.29, 1.82) is 0 Å². The lowest BCUT2D eigenvalue weighted by atomic mass is 9.94. The molecule has 7 heteroatoms. The van der Waals surface area contributed by atoms with E-state index in [9.17, 15) is 14.4 Å². The summed E-state index contributed by atoms with van der Waals surface area (Å²) >= 11 is 0. The highest BCUT2D eigenvalue weighted by Gasteiger charge is 2.36. The summed E-state index contributed by atoms with van der Waals surface area (Å²) in [6.07, 6.45) is 7.40. The highest BCUT2D eigenvalue weighted by Crippen LogP contribution is 2.25. The number of carbonyl (C=O) groups is 3. The van der Waals surface area contributed by atoms with Crippen LogP contribution in [-0.2, 0) is 14.3 Å². The Morgan fingerprint density at radius 2 is 1.82 bits per heavy atom. The molecule has 0 aliphatic heterocycles. The lowest BCUT2D eigenvalue weighted by Crippen LogP contribution is -2.54. The third-order valence-electron chi connectivity index (χ3n) is 5.37. The van der Waals surface area contributed by atoms with Gasteiger partial charge in [0.1, 0.15) is 17.7 Å². The minimum absolute atomic E-state index is 0.181. The number of hydrogen-bond donors (Lipinski definition) is 2. The highest BCUT2D eigenvalue weighted by atomic mass is 16.6. The fourth-order valence-corrected chi connectivity index (χ4v) is 3.34. The Balaban J connectivity index is 3.32. The average Bonchev–Trinajstić information content (AvgIpc) is 2.75. The average molecular weight is 458 g/mol. The number of alkyl carbamates (subject to hydrolysis) is 1. The summed E-state index contributed by atoms with van der Waals surface area (Å²) in [5.41, 5.74) is 0.393. The van der Waals surface area contributed by atoms with Crippen LogP contribution in [0.15, 0.2) is 24.3 Å². The van der Waals surface area contributed by atoms with Gasteiger partial charge in [-0.25, -0.2) is 4.79 Å². The lowest BCUT2D eigenvalue weighted by molar-refractivity contribution is -0.141. The Morgan fingerprint density at radius 1 is 1.18 bits per heavy atom. The van der Waals surface area contributed by atoms with E-state index in [1.807, 2.05) is 20.8 Å². The van der Waals surface area contributed by atoms with Gasteiger partial charge in [-0.15, -0.1) is 6.42 Å². The second-order valence-electron chi connectivity index (χ2n) is 9.24. The van der Waals surface area contributed by atoms with Gasteiger partial charge >= 0.3 is 6.09 Å². The van der Waals surface area contributed by atoms with Gasteiger partial charge in [-0.2, -0.15) is 0 Å². The topological polar surface area (TPSA) is 87.7 Å². The molecule has 7 nitrogen and oxygen atoms in total. The maximum Gasteiger partial charge on any atom is 0.408 e. The maximum absolute atomic E-state index is 13.6. The highest BCUT2D eigenvalue weighted by molar-refractivity contribution is 5.92. The van der Waals surface area contributed by atoms with E-state index in [1.165, 1.54) is 4.90 Å². The molecule has 182 valence electrons. The van der Waals surface area contributed by atoms with Gasteiger partial charge < -0.3 is 20.3 Å². The molecule has 0 aliphatic rings. The summed E-state index contributed by atoms with van der Waals surface area (Å²) in [5, 5.41) is 5.62. The van der Waals surface area contributed by atoms with Gasteiger partial charge in [0.15, 0.2) is 0 Å². The smallest absolute Gasteiger partial charge is 0.408 e. The van der Waals surface area contributed by atoms with Crippen LogP contribution in [0.5, 0.6) is 0 Å². The fourth-order valence-electron chi connectivity index (χ4n) is 3.34. The third-order valence-corrected chi connectivity index (χ3v) is 5.37. The molecule has 2 N–H and O–H groups in total. The van der Waals surface area contributed by atoms with Crippen LogP contribution < -0.4 is 10.6 Å². The first kappa shape index (κ1) is 28.0. The molecular weight excluding hydrogens is 418 g/mol. The first-order chi connectivity index (χ1) is 15.5. The zero-order valence-corrected chi connectivity index (χ0v) is 21.0. The van der Waals surface area contributed by atoms with Crippen molar-refractivity contribution in [2.75, 3.05) is 13.6 Å². The van der Waals surface area contributed by atoms with Crippen LogP contribution in [0.3, 0.4) is 0 Å². The number of amides is 3. The normalized spacial score (nSPS) is 13.8. The summed E-state index contributed by atoms with van der Waals surface area (Å²) in [6, 6.07) is 5.27. The van der Waals surface area contributed by atoms with Gasteiger partial charge in [-0.3, -0.25) is 9.59 Å². The molecule has 0 aliphatic carbocycles. The molecule has 1 aromatic carbocycles. The molecular formula is C26H39N3O4. The van der Waals surface area contributed by atoms with Crippen LogP contribution >= 0.6 is 0 Å². The predicted octanol–water partition coefficient (Wildman–Crippen LogP) is 4.02. The van der Waals surface area contributed by atoms with E-state index in [4.69, 9.17) is 11.2 Å². The van der Waals surface area contributed by atoms with Crippen molar-refractivity contribution in [3.63, 3.8) is 0 Å². The van der Waals surface area contributed by atoms with Crippen molar-refractivity contribution >= 4 is 17.9 Å². The molecule has 1 aromatic rings. The van der Waals surface area contributed by atoms with Gasteiger partial charge in [-0.05, 0) is 44.7 Å². The number of nitrogens with one attached hydrogen (secondary N) is 2. The second kappa shape index (κ2) is 12.9. The van der Waals surface area contributed by atoms with Crippen LogP contribution in [0.2, 0.25) is 0 Å². The number of nitrogens with zero attached hydrogens (tertiary/aromatic N) is 1. The Kier molecular flexibility index (Phi) is 10.9. The van der Waals surface area contributed by atoms with Gasteiger partial charge in [0.25, 0.3) is 0 Å². The molecule has 0 saturated heterocycles. The van der Waals surface area contributed by atoms with Crippen molar-refractivity contribution in [2.45, 2.75) is 78.5 Å². The van der Waals surface area contributed by atoms with Crippen LogP contribution in [0, 0.1) is 18.3 Å². The molecule has 0 bridgehead atoms. The number of rotatable bonds is 10. The van der Waals surface area contributed by atoms with Crippen LogP contribution in [0.4, 0.5) is 4.79 Å². The van der Waals surface area contributed by atoms with Crippen molar-refractivity contribution < 1.29 is 19.1 Å². The van der Waals surface area contributed by atoms with E-state index in [1.54, 1.807) is 52.1 Å². The number of hydrogen-bond acceptors (Lipinski definition) is 4. The predicted molar refractivity (Wildman–Crippen MR) is 130 cm³/mol. The minimum Gasteiger partial charge on any atom is -0.444 e. The number of likely N-dealkylation sites (N-methyl/N-ethyl adjacent to an activating group) is 1. The molecule has 33 heavy (non-hydrogen) atoms. The Labute approximate surface area is 198 Å². The van der Waals surface area contributed by atoms with E-state index >= 15 is 0 Å². The van der Waals surface area contributed by atoms with Crippen molar-refractivity contribution in [3.05, 3.63) is 35.4 Å². The summed E-state index contributed by atoms with van der Waals surface area (Å²) in [4.78, 5) is 40.7. The first-order valence-corrected chi connectivity index (χ1v) is 11.6. The molecule has 0 heterocycles. The minimum atomic E-state index is -0.936. The zero-order valence-electron chi connectivity index (χ0n) is 21.0. The molecule has 0 spiro atoms. The molecule has 0 saturated carbocycles. The quantitative estimate of drug-likeness (QED) is 0.410. The molecule has 0 radical (unpaired) electrons. The number of carbonyl (C=O) groups excluding carboxylic acids is 3. The van der Waals surface area contributed by atoms with Crippen molar-refractivity contribution in [3.8, 4) is 12.3 Å². The molecule has 3 unspecified atom stereocenters. The second-order valence-corrected chi connectivity index (χ2v) is 9.24.